The minimum atomic E-state index is 0.0645. The van der Waals surface area contributed by atoms with Crippen LogP contribution in [-0.2, 0) is 11.2 Å². The van der Waals surface area contributed by atoms with Crippen molar-refractivity contribution in [2.45, 2.75) is 46.1 Å². The number of aryl methyl sites for hydroxylation is 1. The Morgan fingerprint density at radius 3 is 2.48 bits per heavy atom. The first-order valence-corrected chi connectivity index (χ1v) is 10.2. The Kier molecular flexibility index (Phi) is 8.61. The number of rotatable bonds is 10. The molecule has 1 atom stereocenters. The molecule has 1 fully saturated rings. The van der Waals surface area contributed by atoms with E-state index in [0.717, 1.165) is 44.6 Å². The number of benzene rings is 1. The Morgan fingerprint density at radius 2 is 1.89 bits per heavy atom. The topological polar surface area (TPSA) is 60.9 Å². The highest BCUT2D eigenvalue weighted by Gasteiger charge is 2.27. The predicted molar refractivity (Wildman–Crippen MR) is 108 cm³/mol. The largest absolute Gasteiger partial charge is 0.395 e. The molecule has 1 aliphatic rings. The third-order valence-electron chi connectivity index (χ3n) is 5.43. The molecule has 27 heavy (non-hydrogen) atoms. The van der Waals surface area contributed by atoms with Gasteiger partial charge in [0.25, 0.3) is 0 Å². The Bertz CT molecular complexity index is 612. The minimum Gasteiger partial charge on any atom is -0.395 e. The number of hydrogen-bond donors (Lipinski definition) is 1. The first-order valence-electron chi connectivity index (χ1n) is 10.2. The van der Waals surface area contributed by atoms with E-state index in [1.807, 2.05) is 45.0 Å². The molecule has 5 nitrogen and oxygen atoms in total. The van der Waals surface area contributed by atoms with Crippen molar-refractivity contribution in [2.24, 2.45) is 5.92 Å². The average molecular weight is 375 g/mol. The fourth-order valence-corrected chi connectivity index (χ4v) is 3.52. The van der Waals surface area contributed by atoms with Gasteiger partial charge in [0, 0.05) is 43.6 Å². The van der Waals surface area contributed by atoms with Crippen molar-refractivity contribution in [1.82, 2.24) is 9.80 Å². The third-order valence-corrected chi connectivity index (χ3v) is 5.43. The van der Waals surface area contributed by atoms with Gasteiger partial charge in [-0.3, -0.25) is 19.4 Å². The molecule has 0 bridgehead atoms. The number of carbonyl (C=O) groups excluding carboxylic acids is 2. The van der Waals surface area contributed by atoms with E-state index in [-0.39, 0.29) is 30.1 Å². The fourth-order valence-electron chi connectivity index (χ4n) is 3.52. The quantitative estimate of drug-likeness (QED) is 0.637. The number of Topliss-reactive ketones (excluding diaryl/α,β-unsaturated/α-hetero) is 2. The smallest absolute Gasteiger partial charge is 0.162 e. The second-order valence-corrected chi connectivity index (χ2v) is 7.81. The number of aliphatic hydroxyl groups is 1. The maximum Gasteiger partial charge on any atom is 0.162 e. The molecule has 1 saturated heterocycles. The molecule has 0 spiro atoms. The van der Waals surface area contributed by atoms with E-state index in [9.17, 15) is 14.7 Å². The van der Waals surface area contributed by atoms with Crippen molar-refractivity contribution < 1.29 is 14.7 Å². The van der Waals surface area contributed by atoms with Crippen LogP contribution in [-0.4, -0.2) is 71.8 Å². The zero-order chi connectivity index (χ0) is 19.8. The molecule has 0 aromatic heterocycles. The van der Waals surface area contributed by atoms with E-state index in [1.165, 1.54) is 5.56 Å². The molecular formula is C22H34N2O3. The zero-order valence-electron chi connectivity index (χ0n) is 17.0. The van der Waals surface area contributed by atoms with Gasteiger partial charge in [0.15, 0.2) is 5.78 Å². The Morgan fingerprint density at radius 1 is 1.19 bits per heavy atom. The molecular weight excluding hydrogens is 340 g/mol. The lowest BCUT2D eigenvalue weighted by atomic mass is 10.0. The molecule has 1 aromatic carbocycles. The molecule has 0 unspecified atom stereocenters. The van der Waals surface area contributed by atoms with Gasteiger partial charge in [0.1, 0.15) is 5.78 Å². The van der Waals surface area contributed by atoms with Gasteiger partial charge in [-0.15, -0.1) is 0 Å². The van der Waals surface area contributed by atoms with Crippen LogP contribution in [0, 0.1) is 5.92 Å². The minimum absolute atomic E-state index is 0.0645. The van der Waals surface area contributed by atoms with Gasteiger partial charge in [-0.1, -0.05) is 45.0 Å². The van der Waals surface area contributed by atoms with Crippen LogP contribution in [0.5, 0.6) is 0 Å². The second-order valence-electron chi connectivity index (χ2n) is 7.81. The molecule has 0 aliphatic carbocycles. The summed E-state index contributed by atoms with van der Waals surface area (Å²) in [5, 5.41) is 9.76. The Hall–Kier alpha value is -1.56. The summed E-state index contributed by atoms with van der Waals surface area (Å²) in [7, 11) is 0. The summed E-state index contributed by atoms with van der Waals surface area (Å²) in [4.78, 5) is 28.2. The first kappa shape index (κ1) is 21.7. The summed E-state index contributed by atoms with van der Waals surface area (Å²) < 4.78 is 0. The van der Waals surface area contributed by atoms with Crippen molar-refractivity contribution >= 4 is 11.6 Å². The van der Waals surface area contributed by atoms with Gasteiger partial charge in [-0.25, -0.2) is 0 Å². The molecule has 2 rings (SSSR count). The van der Waals surface area contributed by atoms with Gasteiger partial charge in [-0.2, -0.15) is 0 Å². The van der Waals surface area contributed by atoms with Crippen LogP contribution in [0.3, 0.4) is 0 Å². The normalized spacial score (nSPS) is 18.8. The van der Waals surface area contributed by atoms with E-state index >= 15 is 0 Å². The average Bonchev–Trinajstić information content (AvgIpc) is 2.68. The Balaban J connectivity index is 1.78. The summed E-state index contributed by atoms with van der Waals surface area (Å²) in [6.45, 7) is 9.83. The highest BCUT2D eigenvalue weighted by Crippen LogP contribution is 2.13. The first-order chi connectivity index (χ1) is 12.9. The predicted octanol–water partition coefficient (Wildman–Crippen LogP) is 2.42. The molecule has 5 heteroatoms. The van der Waals surface area contributed by atoms with E-state index in [4.69, 9.17) is 0 Å². The summed E-state index contributed by atoms with van der Waals surface area (Å²) >= 11 is 0. The highest BCUT2D eigenvalue weighted by molar-refractivity contribution is 5.95. The number of nitrogens with zero attached hydrogens (tertiary/aromatic N) is 2. The fraction of sp³-hybridized carbons (Fsp3) is 0.636. The van der Waals surface area contributed by atoms with Crippen molar-refractivity contribution in [3.8, 4) is 0 Å². The zero-order valence-corrected chi connectivity index (χ0v) is 17.0. The monoisotopic (exact) mass is 374 g/mol. The molecule has 0 saturated carbocycles. The maximum atomic E-state index is 12.0. The van der Waals surface area contributed by atoms with Crippen molar-refractivity contribution in [2.75, 3.05) is 39.3 Å². The molecule has 1 N–H and O–H groups in total. The summed E-state index contributed by atoms with van der Waals surface area (Å²) in [6, 6.07) is 8.03. The molecule has 1 aliphatic heterocycles. The maximum absolute atomic E-state index is 12.0. The van der Waals surface area contributed by atoms with Gasteiger partial charge in [0.2, 0.25) is 0 Å². The van der Waals surface area contributed by atoms with Crippen LogP contribution >= 0.6 is 0 Å². The van der Waals surface area contributed by atoms with Crippen LogP contribution in [0.1, 0.15) is 49.5 Å². The summed E-state index contributed by atoms with van der Waals surface area (Å²) in [6.07, 6.45) is 2.52. The van der Waals surface area contributed by atoms with Gasteiger partial charge >= 0.3 is 0 Å². The summed E-state index contributed by atoms with van der Waals surface area (Å²) in [5.41, 5.74) is 2.03. The molecule has 150 valence electrons. The number of aliphatic hydroxyl groups excluding tert-OH is 1. The summed E-state index contributed by atoms with van der Waals surface area (Å²) in [5.74, 6) is 0.515. The van der Waals surface area contributed by atoms with E-state index in [1.54, 1.807) is 0 Å². The lowest BCUT2D eigenvalue weighted by Gasteiger charge is -2.40. The molecule has 0 amide bonds. The molecule has 1 heterocycles. The SMILES string of the molecule is CCC(=O)c1ccc(CCCN2CCN(CC(=O)C(C)C)C[C@@H]2CO)cc1. The van der Waals surface area contributed by atoms with Crippen LogP contribution in [0.15, 0.2) is 24.3 Å². The van der Waals surface area contributed by atoms with Gasteiger partial charge < -0.3 is 5.11 Å². The lowest BCUT2D eigenvalue weighted by Crippen LogP contribution is -2.55. The van der Waals surface area contributed by atoms with Crippen LogP contribution in [0.25, 0.3) is 0 Å². The number of piperazine rings is 1. The van der Waals surface area contributed by atoms with Crippen LogP contribution < -0.4 is 0 Å². The molecule has 1 aromatic rings. The highest BCUT2D eigenvalue weighted by atomic mass is 16.3. The Labute approximate surface area is 163 Å². The third kappa shape index (κ3) is 6.52. The van der Waals surface area contributed by atoms with E-state index in [0.29, 0.717) is 13.0 Å². The number of ketones is 2. The number of carbonyl (C=O) groups is 2. The standard InChI is InChI=1S/C22H34N2O3/c1-4-21(26)19-9-7-18(8-10-19)6-5-11-24-13-12-23(14-20(24)16-25)15-22(27)17(2)3/h7-10,17,20,25H,4-6,11-16H2,1-3H3/t20-/m1/s1. The van der Waals surface area contributed by atoms with Crippen molar-refractivity contribution in [3.05, 3.63) is 35.4 Å². The van der Waals surface area contributed by atoms with Crippen molar-refractivity contribution in [3.63, 3.8) is 0 Å². The van der Waals surface area contributed by atoms with Gasteiger partial charge in [0.05, 0.1) is 13.2 Å². The van der Waals surface area contributed by atoms with E-state index in [2.05, 4.69) is 9.80 Å². The second kappa shape index (κ2) is 10.7. The van der Waals surface area contributed by atoms with Crippen LogP contribution in [0.2, 0.25) is 0 Å². The van der Waals surface area contributed by atoms with E-state index < -0.39 is 0 Å². The lowest BCUT2D eigenvalue weighted by molar-refractivity contribution is -0.124. The van der Waals surface area contributed by atoms with Crippen molar-refractivity contribution in [1.29, 1.82) is 0 Å². The molecule has 0 radical (unpaired) electrons. The van der Waals surface area contributed by atoms with Gasteiger partial charge in [-0.05, 0) is 24.9 Å². The van der Waals surface area contributed by atoms with Crippen LogP contribution in [0.4, 0.5) is 0 Å². The number of hydrogen-bond acceptors (Lipinski definition) is 5.